The highest BCUT2D eigenvalue weighted by Gasteiger charge is 2.34. The van der Waals surface area contributed by atoms with Crippen LogP contribution in [0.2, 0.25) is 0 Å². The maximum absolute atomic E-state index is 13.0. The van der Waals surface area contributed by atoms with Gasteiger partial charge in [-0.1, -0.05) is 0 Å². The molecule has 0 saturated carbocycles. The molecule has 0 unspecified atom stereocenters. The molecule has 10 heteroatoms. The third kappa shape index (κ3) is 5.56. The summed E-state index contributed by atoms with van der Waals surface area (Å²) in [5.41, 5.74) is -0.583. The van der Waals surface area contributed by atoms with E-state index in [1.807, 2.05) is 6.92 Å². The molecule has 0 aliphatic carbocycles. The average molecular weight is 456 g/mol. The minimum absolute atomic E-state index is 0.00200. The number of nitrogens with zero attached hydrogens (tertiary/aromatic N) is 1. The standard InChI is InChI=1S/C21H23F3N2O4S/c1-2-30-18-9-11-19(12-10-18)31(28,29)26-13-3-4-15(14-26)20(27)25-17-7-5-16(6-8-17)21(22,23)24/h5-12,15H,2-4,13-14H2,1H3,(H,25,27)/t15-/m1/s1. The molecule has 1 amide bonds. The Balaban J connectivity index is 1.67. The van der Waals surface area contributed by atoms with Crippen LogP contribution in [0.3, 0.4) is 0 Å². The molecule has 0 aromatic heterocycles. The predicted octanol–water partition coefficient (Wildman–Crippen LogP) is 4.14. The molecule has 6 nitrogen and oxygen atoms in total. The van der Waals surface area contributed by atoms with E-state index in [1.54, 1.807) is 12.1 Å². The minimum atomic E-state index is -4.46. The third-order valence-corrected chi connectivity index (χ3v) is 6.89. The van der Waals surface area contributed by atoms with Gasteiger partial charge in [-0.05, 0) is 68.3 Å². The fraction of sp³-hybridized carbons (Fsp3) is 0.381. The highest BCUT2D eigenvalue weighted by molar-refractivity contribution is 7.89. The van der Waals surface area contributed by atoms with E-state index < -0.39 is 33.6 Å². The molecule has 1 heterocycles. The first-order chi connectivity index (χ1) is 14.6. The van der Waals surface area contributed by atoms with Crippen LogP contribution in [-0.2, 0) is 21.0 Å². The SMILES string of the molecule is CCOc1ccc(S(=O)(=O)N2CCC[C@@H](C(=O)Nc3ccc(C(F)(F)F)cc3)C2)cc1. The van der Waals surface area contributed by atoms with Crippen molar-refractivity contribution in [1.82, 2.24) is 4.31 Å². The van der Waals surface area contributed by atoms with Crippen molar-refractivity contribution in [3.8, 4) is 5.75 Å². The zero-order valence-corrected chi connectivity index (χ0v) is 17.7. The molecule has 1 fully saturated rings. The van der Waals surface area contributed by atoms with E-state index in [9.17, 15) is 26.4 Å². The van der Waals surface area contributed by atoms with Crippen molar-refractivity contribution in [2.24, 2.45) is 5.92 Å². The zero-order chi connectivity index (χ0) is 22.6. The molecule has 3 rings (SSSR count). The number of carbonyl (C=O) groups excluding carboxylic acids is 1. The van der Waals surface area contributed by atoms with E-state index in [4.69, 9.17) is 4.74 Å². The van der Waals surface area contributed by atoms with E-state index >= 15 is 0 Å². The summed E-state index contributed by atoms with van der Waals surface area (Å²) in [6.45, 7) is 2.59. The lowest BCUT2D eigenvalue weighted by molar-refractivity contribution is -0.137. The first-order valence-corrected chi connectivity index (χ1v) is 11.3. The van der Waals surface area contributed by atoms with E-state index in [1.165, 1.54) is 28.6 Å². The maximum Gasteiger partial charge on any atom is 0.416 e. The topological polar surface area (TPSA) is 75.7 Å². The van der Waals surface area contributed by atoms with Gasteiger partial charge in [-0.2, -0.15) is 17.5 Å². The van der Waals surface area contributed by atoms with Crippen molar-refractivity contribution in [1.29, 1.82) is 0 Å². The van der Waals surface area contributed by atoms with Gasteiger partial charge in [0, 0.05) is 18.8 Å². The second-order valence-corrected chi connectivity index (χ2v) is 9.11. The summed E-state index contributed by atoms with van der Waals surface area (Å²) in [6, 6.07) is 10.2. The van der Waals surface area contributed by atoms with Gasteiger partial charge in [0.15, 0.2) is 0 Å². The molecule has 0 radical (unpaired) electrons. The monoisotopic (exact) mass is 456 g/mol. The summed E-state index contributed by atoms with van der Waals surface area (Å²) < 4.78 is 70.5. The quantitative estimate of drug-likeness (QED) is 0.709. The Morgan fingerprint density at radius 3 is 2.35 bits per heavy atom. The van der Waals surface area contributed by atoms with E-state index in [0.29, 0.717) is 31.7 Å². The van der Waals surface area contributed by atoms with E-state index in [2.05, 4.69) is 5.32 Å². The second-order valence-electron chi connectivity index (χ2n) is 7.17. The molecule has 168 valence electrons. The number of alkyl halides is 3. The Hall–Kier alpha value is -2.59. The summed E-state index contributed by atoms with van der Waals surface area (Å²) in [4.78, 5) is 12.7. The Labute approximate surface area is 179 Å². The highest BCUT2D eigenvalue weighted by atomic mass is 32.2. The molecular weight excluding hydrogens is 433 g/mol. The van der Waals surface area contributed by atoms with E-state index in [0.717, 1.165) is 12.1 Å². The van der Waals surface area contributed by atoms with Gasteiger partial charge in [0.1, 0.15) is 5.75 Å². The minimum Gasteiger partial charge on any atom is -0.494 e. The zero-order valence-electron chi connectivity index (χ0n) is 16.9. The molecular formula is C21H23F3N2O4S. The number of sulfonamides is 1. The number of hydrogen-bond acceptors (Lipinski definition) is 4. The van der Waals surface area contributed by atoms with Gasteiger partial charge in [-0.3, -0.25) is 4.79 Å². The van der Waals surface area contributed by atoms with Crippen LogP contribution in [0.25, 0.3) is 0 Å². The summed E-state index contributed by atoms with van der Waals surface area (Å²) in [7, 11) is -3.78. The molecule has 1 aliphatic heterocycles. The van der Waals surface area contributed by atoms with E-state index in [-0.39, 0.29) is 17.1 Å². The van der Waals surface area contributed by atoms with Crippen LogP contribution in [0, 0.1) is 5.92 Å². The molecule has 31 heavy (non-hydrogen) atoms. The normalized spacial score (nSPS) is 17.9. The Kier molecular flexibility index (Phi) is 6.90. The maximum atomic E-state index is 13.0. The van der Waals surface area contributed by atoms with Gasteiger partial charge in [0.05, 0.1) is 23.0 Å². The third-order valence-electron chi connectivity index (χ3n) is 5.01. The van der Waals surface area contributed by atoms with Crippen LogP contribution in [0.15, 0.2) is 53.4 Å². The van der Waals surface area contributed by atoms with Crippen LogP contribution in [0.1, 0.15) is 25.3 Å². The number of anilines is 1. The number of amides is 1. The summed E-state index contributed by atoms with van der Waals surface area (Å²) in [5, 5.41) is 2.58. The van der Waals surface area contributed by atoms with Crippen molar-refractivity contribution in [2.45, 2.75) is 30.8 Å². The van der Waals surface area contributed by atoms with Gasteiger partial charge >= 0.3 is 6.18 Å². The lowest BCUT2D eigenvalue weighted by Gasteiger charge is -2.31. The van der Waals surface area contributed by atoms with Gasteiger partial charge in [-0.25, -0.2) is 8.42 Å². The van der Waals surface area contributed by atoms with Crippen molar-refractivity contribution in [3.63, 3.8) is 0 Å². The van der Waals surface area contributed by atoms with Crippen molar-refractivity contribution >= 4 is 21.6 Å². The number of piperidine rings is 1. The van der Waals surface area contributed by atoms with Gasteiger partial charge < -0.3 is 10.1 Å². The first-order valence-electron chi connectivity index (χ1n) is 9.82. The van der Waals surface area contributed by atoms with Crippen LogP contribution in [-0.4, -0.2) is 38.3 Å². The number of nitrogens with one attached hydrogen (secondary N) is 1. The smallest absolute Gasteiger partial charge is 0.416 e. The summed E-state index contributed by atoms with van der Waals surface area (Å²) in [5.74, 6) is -0.464. The number of halogens is 3. The Bertz CT molecular complexity index is 1010. The fourth-order valence-electron chi connectivity index (χ4n) is 3.39. The lowest BCUT2D eigenvalue weighted by Crippen LogP contribution is -2.43. The lowest BCUT2D eigenvalue weighted by atomic mass is 9.98. The summed E-state index contributed by atoms with van der Waals surface area (Å²) >= 11 is 0. The number of ether oxygens (including phenoxy) is 1. The fourth-order valence-corrected chi connectivity index (χ4v) is 4.91. The van der Waals surface area contributed by atoms with Gasteiger partial charge in [-0.15, -0.1) is 0 Å². The largest absolute Gasteiger partial charge is 0.494 e. The second kappa shape index (κ2) is 9.27. The molecule has 1 aliphatic rings. The molecule has 1 N–H and O–H groups in total. The number of rotatable bonds is 6. The summed E-state index contributed by atoms with van der Waals surface area (Å²) in [6.07, 6.45) is -3.47. The molecule has 0 bridgehead atoms. The molecule has 0 spiro atoms. The Morgan fingerprint density at radius 2 is 1.77 bits per heavy atom. The van der Waals surface area contributed by atoms with Crippen molar-refractivity contribution in [2.75, 3.05) is 25.0 Å². The molecule has 1 atom stereocenters. The van der Waals surface area contributed by atoms with Crippen LogP contribution >= 0.6 is 0 Å². The van der Waals surface area contributed by atoms with Crippen LogP contribution in [0.5, 0.6) is 5.75 Å². The number of benzene rings is 2. The average Bonchev–Trinajstić information content (AvgIpc) is 2.74. The van der Waals surface area contributed by atoms with Gasteiger partial charge in [0.25, 0.3) is 0 Å². The highest BCUT2D eigenvalue weighted by Crippen LogP contribution is 2.30. The van der Waals surface area contributed by atoms with Gasteiger partial charge in [0.2, 0.25) is 15.9 Å². The van der Waals surface area contributed by atoms with Crippen molar-refractivity contribution in [3.05, 3.63) is 54.1 Å². The number of carbonyl (C=O) groups is 1. The van der Waals surface area contributed by atoms with Crippen molar-refractivity contribution < 1.29 is 31.1 Å². The first kappa shape index (κ1) is 23.1. The molecule has 2 aromatic rings. The van der Waals surface area contributed by atoms with Crippen LogP contribution in [0.4, 0.5) is 18.9 Å². The molecule has 2 aromatic carbocycles. The molecule has 1 saturated heterocycles. The van der Waals surface area contributed by atoms with Crippen LogP contribution < -0.4 is 10.1 Å². The Morgan fingerprint density at radius 1 is 1.13 bits per heavy atom. The predicted molar refractivity (Wildman–Crippen MR) is 109 cm³/mol. The number of hydrogen-bond donors (Lipinski definition) is 1.